The molecule has 1 aliphatic rings. The van der Waals surface area contributed by atoms with Crippen LogP contribution in [0.2, 0.25) is 0 Å². The summed E-state index contributed by atoms with van der Waals surface area (Å²) < 4.78 is 39.4. The van der Waals surface area contributed by atoms with Crippen LogP contribution in [-0.4, -0.2) is 16.8 Å². The van der Waals surface area contributed by atoms with E-state index in [2.05, 4.69) is 20.9 Å². The predicted molar refractivity (Wildman–Crippen MR) is 89.9 cm³/mol. The van der Waals surface area contributed by atoms with Crippen molar-refractivity contribution < 1.29 is 22.8 Å². The van der Waals surface area contributed by atoms with Crippen LogP contribution in [0.4, 0.5) is 18.3 Å². The van der Waals surface area contributed by atoms with E-state index in [1.54, 1.807) is 6.07 Å². The molecule has 1 aromatic heterocycles. The fourth-order valence-electron chi connectivity index (χ4n) is 2.57. The van der Waals surface area contributed by atoms with Crippen LogP contribution in [0.15, 0.2) is 40.9 Å². The monoisotopic (exact) mass is 426 g/mol. The maximum atomic E-state index is 12.8. The Morgan fingerprint density at radius 2 is 1.72 bits per heavy atom. The smallest absolute Gasteiger partial charge is 0.268 e. The van der Waals surface area contributed by atoms with Crippen molar-refractivity contribution in [1.82, 2.24) is 4.98 Å². The van der Waals surface area contributed by atoms with Crippen molar-refractivity contribution in [1.29, 1.82) is 0 Å². The Morgan fingerprint density at radius 1 is 1.00 bits per heavy atom. The van der Waals surface area contributed by atoms with Crippen LogP contribution in [0.5, 0.6) is 0 Å². The highest BCUT2D eigenvalue weighted by Crippen LogP contribution is 2.38. The number of halogens is 4. The number of hydrogen-bond acceptors (Lipinski definition) is 4. The van der Waals surface area contributed by atoms with Crippen LogP contribution in [0.3, 0.4) is 0 Å². The van der Waals surface area contributed by atoms with Crippen LogP contribution in [0.1, 0.15) is 26.3 Å². The third-order valence-electron chi connectivity index (χ3n) is 3.74. The Balaban J connectivity index is 1.80. The molecule has 0 aliphatic carbocycles. The van der Waals surface area contributed by atoms with E-state index >= 15 is 0 Å². The van der Waals surface area contributed by atoms with Crippen molar-refractivity contribution in [3.05, 3.63) is 57.6 Å². The van der Waals surface area contributed by atoms with Crippen molar-refractivity contribution >= 4 is 54.4 Å². The molecule has 9 heteroatoms. The third kappa shape index (κ3) is 2.54. The normalized spacial score (nSPS) is 14.5. The van der Waals surface area contributed by atoms with Gasteiger partial charge in [-0.3, -0.25) is 9.59 Å². The van der Waals surface area contributed by atoms with E-state index in [-0.39, 0.29) is 21.0 Å². The predicted octanol–water partition coefficient (Wildman–Crippen LogP) is 4.88. The van der Waals surface area contributed by atoms with Crippen molar-refractivity contribution in [2.75, 3.05) is 4.90 Å². The molecule has 25 heavy (non-hydrogen) atoms. The molecule has 0 atom stereocenters. The maximum absolute atomic E-state index is 12.8. The zero-order chi connectivity index (χ0) is 17.9. The number of carbonyl (C=O) groups excluding carboxylic acids is 2. The number of thiazole rings is 1. The van der Waals surface area contributed by atoms with Gasteiger partial charge in [-0.05, 0) is 36.4 Å². The molecule has 126 valence electrons. The largest absolute Gasteiger partial charge is 0.416 e. The van der Waals surface area contributed by atoms with Crippen LogP contribution in [0, 0.1) is 0 Å². The first kappa shape index (κ1) is 16.2. The molecule has 4 rings (SSSR count). The van der Waals surface area contributed by atoms with Gasteiger partial charge in [0.1, 0.15) is 0 Å². The van der Waals surface area contributed by atoms with Crippen LogP contribution in [0.25, 0.3) is 10.2 Å². The molecule has 1 aliphatic heterocycles. The number of fused-ring (bicyclic) bond motifs is 2. The minimum atomic E-state index is -4.47. The number of imide groups is 1. The first-order chi connectivity index (χ1) is 11.8. The van der Waals surface area contributed by atoms with E-state index in [0.717, 1.165) is 28.4 Å². The van der Waals surface area contributed by atoms with Gasteiger partial charge in [-0.1, -0.05) is 27.3 Å². The third-order valence-corrected chi connectivity index (χ3v) is 5.24. The highest BCUT2D eigenvalue weighted by molar-refractivity contribution is 9.10. The molecule has 3 aromatic rings. The number of amides is 2. The first-order valence-corrected chi connectivity index (χ1v) is 8.53. The molecule has 0 saturated carbocycles. The molecular weight excluding hydrogens is 421 g/mol. The van der Waals surface area contributed by atoms with Gasteiger partial charge in [-0.25, -0.2) is 9.88 Å². The van der Waals surface area contributed by atoms with Gasteiger partial charge in [0.15, 0.2) is 0 Å². The Bertz CT molecular complexity index is 1060. The Hall–Kier alpha value is -2.26. The van der Waals surface area contributed by atoms with Crippen molar-refractivity contribution in [2.45, 2.75) is 6.18 Å². The van der Waals surface area contributed by atoms with E-state index in [9.17, 15) is 22.8 Å². The second-order valence-electron chi connectivity index (χ2n) is 5.31. The fraction of sp³-hybridized carbons (Fsp3) is 0.0625. The number of alkyl halides is 3. The van der Waals surface area contributed by atoms with Gasteiger partial charge in [0.2, 0.25) is 5.13 Å². The van der Waals surface area contributed by atoms with Crippen molar-refractivity contribution in [2.24, 2.45) is 0 Å². The van der Waals surface area contributed by atoms with E-state index in [4.69, 9.17) is 0 Å². The molecule has 0 saturated heterocycles. The van der Waals surface area contributed by atoms with Crippen LogP contribution in [-0.2, 0) is 6.18 Å². The lowest BCUT2D eigenvalue weighted by Crippen LogP contribution is -2.29. The zero-order valence-electron chi connectivity index (χ0n) is 12.1. The SMILES string of the molecule is O=C1c2ccc(Br)cc2C(=O)N1c1nc2ccc(C(F)(F)F)cc2s1. The minimum absolute atomic E-state index is 0.0525. The van der Waals surface area contributed by atoms with Gasteiger partial charge in [-0.2, -0.15) is 13.2 Å². The molecule has 0 spiro atoms. The molecule has 2 aromatic carbocycles. The topological polar surface area (TPSA) is 50.3 Å². The van der Waals surface area contributed by atoms with Gasteiger partial charge in [-0.15, -0.1) is 0 Å². The Morgan fingerprint density at radius 3 is 2.44 bits per heavy atom. The van der Waals surface area contributed by atoms with Crippen molar-refractivity contribution in [3.63, 3.8) is 0 Å². The quantitative estimate of drug-likeness (QED) is 0.521. The number of hydrogen-bond donors (Lipinski definition) is 0. The zero-order valence-corrected chi connectivity index (χ0v) is 14.5. The molecule has 0 N–H and O–H groups in total. The van der Waals surface area contributed by atoms with E-state index in [1.165, 1.54) is 18.2 Å². The minimum Gasteiger partial charge on any atom is -0.268 e. The van der Waals surface area contributed by atoms with Gasteiger partial charge < -0.3 is 0 Å². The van der Waals surface area contributed by atoms with Crippen molar-refractivity contribution in [3.8, 4) is 0 Å². The summed E-state index contributed by atoms with van der Waals surface area (Å²) in [4.78, 5) is 30.1. The fourth-order valence-corrected chi connectivity index (χ4v) is 3.93. The summed E-state index contributed by atoms with van der Waals surface area (Å²) in [6.07, 6.45) is -4.47. The maximum Gasteiger partial charge on any atom is 0.416 e. The number of nitrogens with zero attached hydrogens (tertiary/aromatic N) is 2. The molecule has 0 fully saturated rings. The highest BCUT2D eigenvalue weighted by Gasteiger charge is 2.39. The lowest BCUT2D eigenvalue weighted by molar-refractivity contribution is -0.137. The number of anilines is 1. The Labute approximate surface area is 151 Å². The van der Waals surface area contributed by atoms with E-state index in [1.807, 2.05) is 0 Å². The standard InChI is InChI=1S/C16H6BrF3N2O2S/c17-8-2-3-9-10(6-8)14(24)22(13(9)23)15-21-11-4-1-7(16(18,19)20)5-12(11)25-15/h1-6H. The van der Waals surface area contributed by atoms with Gasteiger partial charge in [0, 0.05) is 4.47 Å². The Kier molecular flexibility index (Phi) is 3.48. The molecule has 0 radical (unpaired) electrons. The lowest BCUT2D eigenvalue weighted by Gasteiger charge is -2.08. The molecule has 2 amide bonds. The van der Waals surface area contributed by atoms with E-state index in [0.29, 0.717) is 9.99 Å². The molecule has 0 bridgehead atoms. The summed E-state index contributed by atoms with van der Waals surface area (Å²) in [5.41, 5.74) is -0.0368. The van der Waals surface area contributed by atoms with E-state index < -0.39 is 23.6 Å². The molecule has 0 unspecified atom stereocenters. The second-order valence-corrected chi connectivity index (χ2v) is 7.24. The summed E-state index contributed by atoms with van der Waals surface area (Å²) in [7, 11) is 0. The average molecular weight is 427 g/mol. The average Bonchev–Trinajstić information content (AvgIpc) is 3.05. The summed E-state index contributed by atoms with van der Waals surface area (Å²) in [5, 5.41) is 0.0525. The molecule has 2 heterocycles. The van der Waals surface area contributed by atoms with Crippen LogP contribution < -0.4 is 4.90 Å². The molecular formula is C16H6BrF3N2O2S. The number of aromatic nitrogens is 1. The second kappa shape index (κ2) is 5.37. The van der Waals surface area contributed by atoms with Gasteiger partial charge in [0.25, 0.3) is 11.8 Å². The summed E-state index contributed by atoms with van der Waals surface area (Å²) in [5.74, 6) is -1.08. The molecule has 4 nitrogen and oxygen atoms in total. The van der Waals surface area contributed by atoms with Crippen LogP contribution >= 0.6 is 27.3 Å². The number of carbonyl (C=O) groups is 2. The number of benzene rings is 2. The highest BCUT2D eigenvalue weighted by atomic mass is 79.9. The number of rotatable bonds is 1. The summed E-state index contributed by atoms with van der Waals surface area (Å²) in [6.45, 7) is 0. The van der Waals surface area contributed by atoms with Gasteiger partial charge >= 0.3 is 6.18 Å². The van der Waals surface area contributed by atoms with Gasteiger partial charge in [0.05, 0.1) is 26.9 Å². The summed E-state index contributed by atoms with van der Waals surface area (Å²) in [6, 6.07) is 7.81. The lowest BCUT2D eigenvalue weighted by atomic mass is 10.1. The summed E-state index contributed by atoms with van der Waals surface area (Å²) >= 11 is 4.11. The first-order valence-electron chi connectivity index (χ1n) is 6.92.